The quantitative estimate of drug-likeness (QED) is 0.150. The SMILES string of the molecule is CCN1[CH-]C(C)(C)c2ccccc21.Fc1c(F)c(F)c([S-])c(F)c1F.[Cu+2]. The number of benzene rings is 2. The summed E-state index contributed by atoms with van der Waals surface area (Å²) in [6, 6.07) is 8.65. The first kappa shape index (κ1) is 22.7. The predicted octanol–water partition coefficient (Wildman–Crippen LogP) is 5.25. The van der Waals surface area contributed by atoms with Crippen molar-refractivity contribution in [2.45, 2.75) is 31.1 Å². The minimum atomic E-state index is -2.20. The van der Waals surface area contributed by atoms with E-state index in [4.69, 9.17) is 0 Å². The third-order valence-corrected chi connectivity index (χ3v) is 4.25. The number of anilines is 1. The monoisotopic (exact) mass is 436 g/mol. The number of hydrogen-bond acceptors (Lipinski definition) is 2. The van der Waals surface area contributed by atoms with Crippen LogP contribution in [0.5, 0.6) is 0 Å². The summed E-state index contributed by atoms with van der Waals surface area (Å²) in [5, 5.41) is 0. The largest absolute Gasteiger partial charge is 2.00 e. The molecule has 8 heteroatoms. The number of hydrogen-bond donors (Lipinski definition) is 0. The van der Waals surface area contributed by atoms with E-state index < -0.39 is 34.0 Å². The van der Waals surface area contributed by atoms with Crippen molar-refractivity contribution in [3.8, 4) is 0 Å². The second-order valence-electron chi connectivity index (χ2n) is 6.05. The Bertz CT molecular complexity index is 692. The molecule has 0 atom stereocenters. The van der Waals surface area contributed by atoms with Gasteiger partial charge in [-0.1, -0.05) is 43.9 Å². The third-order valence-electron chi connectivity index (χ3n) is 3.90. The fourth-order valence-corrected chi connectivity index (χ4v) is 2.82. The first-order chi connectivity index (χ1) is 11.6. The van der Waals surface area contributed by atoms with Gasteiger partial charge in [-0.15, -0.1) is 5.41 Å². The van der Waals surface area contributed by atoms with Crippen LogP contribution in [0.3, 0.4) is 0 Å². The average Bonchev–Trinajstić information content (AvgIpc) is 2.88. The van der Waals surface area contributed by atoms with Crippen molar-refractivity contribution >= 4 is 18.3 Å². The zero-order valence-electron chi connectivity index (χ0n) is 14.1. The molecule has 0 aromatic heterocycles. The molecule has 145 valence electrons. The minimum Gasteiger partial charge on any atom is -0.774 e. The Kier molecular flexibility index (Phi) is 7.45. The normalized spacial score (nSPS) is 14.2. The molecule has 0 fully saturated rings. The molecule has 0 bridgehead atoms. The van der Waals surface area contributed by atoms with Crippen molar-refractivity contribution < 1.29 is 39.0 Å². The van der Waals surface area contributed by atoms with Crippen LogP contribution in [0.15, 0.2) is 29.2 Å². The van der Waals surface area contributed by atoms with E-state index in [0.717, 1.165) is 6.54 Å². The maximum atomic E-state index is 12.3. The van der Waals surface area contributed by atoms with Crippen molar-refractivity contribution in [2.75, 3.05) is 11.4 Å². The maximum absolute atomic E-state index is 12.3. The zero-order valence-corrected chi connectivity index (χ0v) is 15.9. The number of nitrogens with zero attached hydrogens (tertiary/aromatic N) is 1. The summed E-state index contributed by atoms with van der Waals surface area (Å²) < 4.78 is 61.2. The van der Waals surface area contributed by atoms with Crippen molar-refractivity contribution in [3.63, 3.8) is 0 Å². The van der Waals surface area contributed by atoms with Crippen LogP contribution in [0.1, 0.15) is 26.3 Å². The second-order valence-corrected chi connectivity index (χ2v) is 6.46. The number of para-hydroxylation sites is 1. The number of rotatable bonds is 1. The summed E-state index contributed by atoms with van der Waals surface area (Å²) in [4.78, 5) is 1.04. The van der Waals surface area contributed by atoms with Gasteiger partial charge in [-0.2, -0.15) is 0 Å². The van der Waals surface area contributed by atoms with E-state index in [-0.39, 0.29) is 22.5 Å². The van der Waals surface area contributed by atoms with E-state index in [1.54, 1.807) is 0 Å². The van der Waals surface area contributed by atoms with Gasteiger partial charge in [0.15, 0.2) is 17.5 Å². The first-order valence-electron chi connectivity index (χ1n) is 7.52. The summed E-state index contributed by atoms with van der Waals surface area (Å²) in [5.74, 6) is -10.2. The van der Waals surface area contributed by atoms with Gasteiger partial charge in [0, 0.05) is 5.69 Å². The predicted molar refractivity (Wildman–Crippen MR) is 88.7 cm³/mol. The molecule has 0 saturated heterocycles. The Morgan fingerprint density at radius 1 is 0.923 bits per heavy atom. The molecular weight excluding hydrogens is 421 g/mol. The van der Waals surface area contributed by atoms with E-state index in [1.807, 2.05) is 0 Å². The van der Waals surface area contributed by atoms with Crippen LogP contribution >= 0.6 is 0 Å². The standard InChI is InChI=1S/C12H16N.C6HF5S.Cu/c1-4-13-9-12(2,3)10-7-5-6-8-11(10)13;7-1-2(8)4(10)6(12)5(11)3(1)9;/h5-9H,4H2,1-3H3;12H;/q-1;;+2/p-1. The minimum absolute atomic E-state index is 0. The van der Waals surface area contributed by atoms with Gasteiger partial charge in [-0.3, -0.25) is 0 Å². The first-order valence-corrected chi connectivity index (χ1v) is 7.93. The van der Waals surface area contributed by atoms with Gasteiger partial charge in [0.05, 0.1) is 0 Å². The molecule has 1 aliphatic rings. The van der Waals surface area contributed by atoms with Crippen molar-refractivity contribution in [2.24, 2.45) is 0 Å². The fraction of sp³-hybridized carbons (Fsp3) is 0.278. The summed E-state index contributed by atoms with van der Waals surface area (Å²) in [5.41, 5.74) is 3.01. The molecule has 0 aliphatic carbocycles. The molecule has 1 heterocycles. The zero-order chi connectivity index (χ0) is 18.9. The molecule has 0 amide bonds. The molecule has 3 rings (SSSR count). The third kappa shape index (κ3) is 4.13. The van der Waals surface area contributed by atoms with Crippen molar-refractivity contribution in [3.05, 3.63) is 65.5 Å². The van der Waals surface area contributed by atoms with Gasteiger partial charge >= 0.3 is 17.1 Å². The summed E-state index contributed by atoms with van der Waals surface area (Å²) in [6.07, 6.45) is 0. The Labute approximate surface area is 165 Å². The van der Waals surface area contributed by atoms with E-state index >= 15 is 0 Å². The molecule has 0 unspecified atom stereocenters. The van der Waals surface area contributed by atoms with Crippen molar-refractivity contribution in [1.82, 2.24) is 0 Å². The van der Waals surface area contributed by atoms with E-state index in [2.05, 4.69) is 69.1 Å². The van der Waals surface area contributed by atoms with Gasteiger partial charge in [0.25, 0.3) is 0 Å². The van der Waals surface area contributed by atoms with Crippen molar-refractivity contribution in [1.29, 1.82) is 0 Å². The van der Waals surface area contributed by atoms with E-state index in [0.29, 0.717) is 0 Å². The molecule has 1 radical (unpaired) electrons. The molecule has 1 aliphatic heterocycles. The molecule has 2 aromatic carbocycles. The molecule has 26 heavy (non-hydrogen) atoms. The van der Waals surface area contributed by atoms with Crippen LogP contribution in [0.25, 0.3) is 0 Å². The summed E-state index contributed by atoms with van der Waals surface area (Å²) in [7, 11) is 0. The van der Waals surface area contributed by atoms with Gasteiger partial charge in [-0.05, 0) is 18.2 Å². The van der Waals surface area contributed by atoms with Gasteiger partial charge < -0.3 is 17.5 Å². The smallest absolute Gasteiger partial charge is 0.774 e. The van der Waals surface area contributed by atoms with Crippen LogP contribution in [-0.2, 0) is 35.1 Å². The number of fused-ring (bicyclic) bond motifs is 1. The number of likely N-dealkylation sites (N-methyl/N-ethyl adjacent to an activating group) is 1. The molecule has 0 N–H and O–H groups in total. The molecule has 2 aromatic rings. The maximum Gasteiger partial charge on any atom is 2.00 e. The van der Waals surface area contributed by atoms with Crippen LogP contribution in [0, 0.1) is 35.6 Å². The van der Waals surface area contributed by atoms with Crippen LogP contribution in [0.2, 0.25) is 0 Å². The Balaban J connectivity index is 0.000000251. The number of halogens is 5. The average molecular weight is 437 g/mol. The van der Waals surface area contributed by atoms with Crippen LogP contribution < -0.4 is 4.90 Å². The topological polar surface area (TPSA) is 3.24 Å². The summed E-state index contributed by atoms with van der Waals surface area (Å²) in [6.45, 7) is 10.1. The van der Waals surface area contributed by atoms with E-state index in [1.165, 1.54) is 11.3 Å². The Hall–Kier alpha value is -1.37. The van der Waals surface area contributed by atoms with Gasteiger partial charge in [0.2, 0.25) is 0 Å². The fourth-order valence-electron chi connectivity index (χ4n) is 2.64. The summed E-state index contributed by atoms with van der Waals surface area (Å²) >= 11 is 3.93. The Morgan fingerprint density at radius 2 is 1.38 bits per heavy atom. The van der Waals surface area contributed by atoms with Gasteiger partial charge in [0.1, 0.15) is 11.6 Å². The molecule has 1 nitrogen and oxygen atoms in total. The Morgan fingerprint density at radius 3 is 1.88 bits per heavy atom. The molecular formula is C18H16CuF5NS. The molecule has 0 spiro atoms. The second kappa shape index (κ2) is 8.55. The molecule has 0 saturated carbocycles. The van der Waals surface area contributed by atoms with Crippen LogP contribution in [0.4, 0.5) is 27.6 Å². The van der Waals surface area contributed by atoms with E-state index in [9.17, 15) is 22.0 Å². The van der Waals surface area contributed by atoms with Gasteiger partial charge in [-0.25, -0.2) is 28.5 Å². The van der Waals surface area contributed by atoms with Crippen LogP contribution in [-0.4, -0.2) is 6.54 Å².